The molecule has 2 N–H and O–H groups in total. The molecule has 0 spiro atoms. The second kappa shape index (κ2) is 11.4. The number of rotatable bonds is 10. The summed E-state index contributed by atoms with van der Waals surface area (Å²) >= 11 is 0. The molecule has 2 aromatic rings. The predicted molar refractivity (Wildman–Crippen MR) is 130 cm³/mol. The quantitative estimate of drug-likeness (QED) is 0.450. The van der Waals surface area contributed by atoms with Crippen molar-refractivity contribution in [3.05, 3.63) is 48.0 Å². The van der Waals surface area contributed by atoms with E-state index in [-0.39, 0.29) is 47.8 Å². The SMILES string of the molecule is COc1ccc(S(=O)(=O)N2CCC(C(=O)NCCNS(=O)(=O)c3ccc(C)cc3)CC2)cc1OC. The molecule has 0 radical (unpaired) electrons. The van der Waals surface area contributed by atoms with Gasteiger partial charge in [0.2, 0.25) is 26.0 Å². The summed E-state index contributed by atoms with van der Waals surface area (Å²) in [6.45, 7) is 2.46. The maximum Gasteiger partial charge on any atom is 0.243 e. The summed E-state index contributed by atoms with van der Waals surface area (Å²) in [4.78, 5) is 12.8. The normalized spacial score (nSPS) is 15.5. The molecule has 1 fully saturated rings. The Bertz CT molecular complexity index is 1240. The Morgan fingerprint density at radius 3 is 2.11 bits per heavy atom. The summed E-state index contributed by atoms with van der Waals surface area (Å²) in [5, 5.41) is 2.73. The van der Waals surface area contributed by atoms with Crippen LogP contribution >= 0.6 is 0 Å². The van der Waals surface area contributed by atoms with E-state index in [1.54, 1.807) is 18.2 Å². The van der Waals surface area contributed by atoms with Crippen molar-refractivity contribution in [2.24, 2.45) is 5.92 Å². The summed E-state index contributed by atoms with van der Waals surface area (Å²) in [6.07, 6.45) is 0.737. The molecule has 1 aliphatic heterocycles. The Kier molecular flexibility index (Phi) is 8.75. The lowest BCUT2D eigenvalue weighted by Crippen LogP contribution is -2.44. The molecular formula is C23H31N3O7S2. The van der Waals surface area contributed by atoms with E-state index in [0.29, 0.717) is 24.3 Å². The van der Waals surface area contributed by atoms with E-state index in [1.165, 1.54) is 42.8 Å². The smallest absolute Gasteiger partial charge is 0.243 e. The van der Waals surface area contributed by atoms with E-state index in [4.69, 9.17) is 9.47 Å². The van der Waals surface area contributed by atoms with Gasteiger partial charge >= 0.3 is 0 Å². The average Bonchev–Trinajstić information content (AvgIpc) is 2.86. The Labute approximate surface area is 206 Å². The van der Waals surface area contributed by atoms with Crippen LogP contribution in [0.2, 0.25) is 0 Å². The zero-order valence-electron chi connectivity index (χ0n) is 20.0. The number of amides is 1. The molecule has 1 saturated heterocycles. The van der Waals surface area contributed by atoms with Crippen LogP contribution in [0.4, 0.5) is 0 Å². The minimum atomic E-state index is -3.75. The van der Waals surface area contributed by atoms with Crippen LogP contribution in [0.25, 0.3) is 0 Å². The molecule has 0 aromatic heterocycles. The van der Waals surface area contributed by atoms with E-state index >= 15 is 0 Å². The Morgan fingerprint density at radius 2 is 1.51 bits per heavy atom. The summed E-state index contributed by atoms with van der Waals surface area (Å²) in [5.74, 6) is 0.187. The number of ether oxygens (including phenoxy) is 2. The van der Waals surface area contributed by atoms with Crippen LogP contribution in [0.3, 0.4) is 0 Å². The van der Waals surface area contributed by atoms with Crippen LogP contribution in [-0.4, -0.2) is 67.4 Å². The third kappa shape index (κ3) is 6.51. The van der Waals surface area contributed by atoms with Gasteiger partial charge in [-0.3, -0.25) is 4.79 Å². The molecule has 1 heterocycles. The van der Waals surface area contributed by atoms with E-state index in [0.717, 1.165) is 5.56 Å². The highest BCUT2D eigenvalue weighted by Gasteiger charge is 2.32. The minimum absolute atomic E-state index is 0.0501. The number of methoxy groups -OCH3 is 2. The van der Waals surface area contributed by atoms with Crippen LogP contribution in [-0.2, 0) is 24.8 Å². The molecule has 3 rings (SSSR count). The fraction of sp³-hybridized carbons (Fsp3) is 0.435. The summed E-state index contributed by atoms with van der Waals surface area (Å²) < 4.78 is 64.9. The number of hydrogen-bond acceptors (Lipinski definition) is 7. The Hall–Kier alpha value is -2.67. The lowest BCUT2D eigenvalue weighted by Gasteiger charge is -2.30. The molecule has 0 unspecified atom stereocenters. The fourth-order valence-electron chi connectivity index (χ4n) is 3.80. The number of aryl methyl sites for hydroxylation is 1. The van der Waals surface area contributed by atoms with Crippen LogP contribution in [0, 0.1) is 12.8 Å². The molecule has 0 bridgehead atoms. The molecule has 0 saturated carbocycles. The van der Waals surface area contributed by atoms with Crippen molar-refractivity contribution in [2.75, 3.05) is 40.4 Å². The number of sulfonamides is 2. The van der Waals surface area contributed by atoms with E-state index in [1.807, 2.05) is 6.92 Å². The predicted octanol–water partition coefficient (Wildman–Crippen LogP) is 1.51. The molecule has 1 aliphatic rings. The van der Waals surface area contributed by atoms with E-state index < -0.39 is 20.0 Å². The average molecular weight is 526 g/mol. The van der Waals surface area contributed by atoms with Crippen LogP contribution in [0.1, 0.15) is 18.4 Å². The molecule has 0 aliphatic carbocycles. The van der Waals surface area contributed by atoms with Gasteiger partial charge in [0.15, 0.2) is 11.5 Å². The molecule has 2 aromatic carbocycles. The van der Waals surface area contributed by atoms with Crippen LogP contribution in [0.15, 0.2) is 52.3 Å². The van der Waals surface area contributed by atoms with Crippen molar-refractivity contribution in [3.63, 3.8) is 0 Å². The summed E-state index contributed by atoms with van der Waals surface area (Å²) in [7, 11) is -4.49. The van der Waals surface area contributed by atoms with Gasteiger partial charge in [-0.2, -0.15) is 4.31 Å². The molecule has 0 atom stereocenters. The topological polar surface area (TPSA) is 131 Å². The van der Waals surface area contributed by atoms with Crippen molar-refractivity contribution in [2.45, 2.75) is 29.6 Å². The second-order valence-corrected chi connectivity index (χ2v) is 11.9. The zero-order valence-corrected chi connectivity index (χ0v) is 21.6. The molecule has 192 valence electrons. The standard InChI is InChI=1S/C23H31N3O7S2/c1-17-4-6-19(7-5-17)34(28,29)25-13-12-24-23(27)18-10-14-26(15-11-18)35(30,31)20-8-9-21(32-2)22(16-20)33-3/h4-9,16,18,25H,10-15H2,1-3H3,(H,24,27). The number of hydrogen-bond donors (Lipinski definition) is 2. The van der Waals surface area contributed by atoms with Crippen molar-refractivity contribution < 1.29 is 31.1 Å². The molecule has 1 amide bonds. The third-order valence-electron chi connectivity index (χ3n) is 5.87. The molecule has 10 nitrogen and oxygen atoms in total. The van der Waals surface area contributed by atoms with Gasteiger partial charge < -0.3 is 14.8 Å². The van der Waals surface area contributed by atoms with Crippen molar-refractivity contribution in [1.82, 2.24) is 14.3 Å². The van der Waals surface area contributed by atoms with Gasteiger partial charge in [0, 0.05) is 38.2 Å². The van der Waals surface area contributed by atoms with Gasteiger partial charge in [0.25, 0.3) is 0 Å². The van der Waals surface area contributed by atoms with Gasteiger partial charge in [-0.25, -0.2) is 21.6 Å². The van der Waals surface area contributed by atoms with Crippen molar-refractivity contribution >= 4 is 26.0 Å². The van der Waals surface area contributed by atoms with Gasteiger partial charge in [-0.1, -0.05) is 17.7 Å². The number of carbonyl (C=O) groups is 1. The Balaban J connectivity index is 1.48. The molecule has 35 heavy (non-hydrogen) atoms. The maximum absolute atomic E-state index is 13.0. The number of piperidine rings is 1. The van der Waals surface area contributed by atoms with Gasteiger partial charge in [0.05, 0.1) is 24.0 Å². The highest BCUT2D eigenvalue weighted by molar-refractivity contribution is 7.89. The number of nitrogens with one attached hydrogen (secondary N) is 2. The first-order valence-electron chi connectivity index (χ1n) is 11.1. The van der Waals surface area contributed by atoms with Gasteiger partial charge in [0.1, 0.15) is 0 Å². The summed E-state index contributed by atoms with van der Waals surface area (Å²) in [5.41, 5.74) is 0.957. The lowest BCUT2D eigenvalue weighted by atomic mass is 9.97. The number of carbonyl (C=O) groups excluding carboxylic acids is 1. The van der Waals surface area contributed by atoms with Gasteiger partial charge in [-0.05, 0) is 44.0 Å². The Morgan fingerprint density at radius 1 is 0.914 bits per heavy atom. The first-order chi connectivity index (χ1) is 16.6. The van der Waals surface area contributed by atoms with Crippen molar-refractivity contribution in [1.29, 1.82) is 0 Å². The number of nitrogens with zero attached hydrogens (tertiary/aromatic N) is 1. The van der Waals surface area contributed by atoms with Gasteiger partial charge in [-0.15, -0.1) is 0 Å². The van der Waals surface area contributed by atoms with Crippen LogP contribution < -0.4 is 19.5 Å². The highest BCUT2D eigenvalue weighted by atomic mass is 32.2. The third-order valence-corrected chi connectivity index (χ3v) is 9.24. The van der Waals surface area contributed by atoms with E-state index in [2.05, 4.69) is 10.0 Å². The monoisotopic (exact) mass is 525 g/mol. The number of benzene rings is 2. The summed E-state index contributed by atoms with van der Waals surface area (Å²) in [6, 6.07) is 10.9. The zero-order chi connectivity index (χ0) is 25.6. The minimum Gasteiger partial charge on any atom is -0.493 e. The van der Waals surface area contributed by atoms with Crippen LogP contribution in [0.5, 0.6) is 11.5 Å². The first-order valence-corrected chi connectivity index (χ1v) is 14.1. The first kappa shape index (κ1) is 26.9. The fourth-order valence-corrected chi connectivity index (χ4v) is 6.32. The van der Waals surface area contributed by atoms with Crippen molar-refractivity contribution in [3.8, 4) is 11.5 Å². The lowest BCUT2D eigenvalue weighted by molar-refractivity contribution is -0.126. The molecule has 12 heteroatoms. The highest BCUT2D eigenvalue weighted by Crippen LogP contribution is 2.32. The largest absolute Gasteiger partial charge is 0.493 e. The molecular weight excluding hydrogens is 494 g/mol. The van der Waals surface area contributed by atoms with E-state index in [9.17, 15) is 21.6 Å². The maximum atomic E-state index is 13.0. The second-order valence-electron chi connectivity index (χ2n) is 8.20.